The predicted molar refractivity (Wildman–Crippen MR) is 131 cm³/mol. The molecule has 2 unspecified atom stereocenters. The molecular formula is C28H32N2O5. The molecule has 4 aliphatic carbocycles. The van der Waals surface area contributed by atoms with Crippen LogP contribution in [0.15, 0.2) is 48.5 Å². The van der Waals surface area contributed by atoms with Gasteiger partial charge in [-0.2, -0.15) is 0 Å². The van der Waals surface area contributed by atoms with Gasteiger partial charge in [0.1, 0.15) is 12.6 Å². The van der Waals surface area contributed by atoms with Crippen LogP contribution in [-0.4, -0.2) is 42.3 Å². The minimum absolute atomic E-state index is 0.104. The van der Waals surface area contributed by atoms with Crippen LogP contribution in [0.5, 0.6) is 0 Å². The fourth-order valence-corrected chi connectivity index (χ4v) is 6.29. The first-order valence-electron chi connectivity index (χ1n) is 12.6. The van der Waals surface area contributed by atoms with Crippen LogP contribution in [-0.2, 0) is 14.3 Å². The number of benzene rings is 2. The Morgan fingerprint density at radius 1 is 0.943 bits per heavy atom. The van der Waals surface area contributed by atoms with E-state index in [1.807, 2.05) is 36.4 Å². The van der Waals surface area contributed by atoms with Gasteiger partial charge >= 0.3 is 12.1 Å². The number of hydrogen-bond donors (Lipinski definition) is 3. The molecule has 7 heteroatoms. The lowest BCUT2D eigenvalue weighted by atomic mass is 9.65. The van der Waals surface area contributed by atoms with Gasteiger partial charge in [-0.25, -0.2) is 4.79 Å². The standard InChI is InChI=1S/C28H32N2O5/c31-26(32)14-25(27(33)29-15-19-13-17-9-11-18(19)12-10-17)30-28(34)35-16-24-22-7-3-1-5-20(22)21-6-2-4-8-23(21)24/h1-8,17-19,24-25H,9-16H2,(H,29,33)(H,30,34)(H,31,32). The second-order valence-corrected chi connectivity index (χ2v) is 10.1. The lowest BCUT2D eigenvalue weighted by Crippen LogP contribution is -2.50. The minimum atomic E-state index is -1.18. The molecule has 2 atom stereocenters. The first-order chi connectivity index (χ1) is 17.0. The molecule has 0 radical (unpaired) electrons. The Hall–Kier alpha value is -3.35. The summed E-state index contributed by atoms with van der Waals surface area (Å²) in [5.41, 5.74) is 4.42. The summed E-state index contributed by atoms with van der Waals surface area (Å²) < 4.78 is 5.51. The Bertz CT molecular complexity index is 1060. The molecule has 0 aromatic heterocycles. The molecule has 2 bridgehead atoms. The van der Waals surface area contributed by atoms with Crippen molar-refractivity contribution in [2.45, 2.75) is 50.5 Å². The second kappa shape index (κ2) is 10.1. The van der Waals surface area contributed by atoms with Crippen molar-refractivity contribution >= 4 is 18.0 Å². The molecule has 2 aromatic carbocycles. The zero-order chi connectivity index (χ0) is 24.4. The van der Waals surface area contributed by atoms with E-state index in [0.29, 0.717) is 18.4 Å². The Morgan fingerprint density at radius 2 is 1.57 bits per heavy atom. The quantitative estimate of drug-likeness (QED) is 0.527. The maximum atomic E-state index is 12.8. The van der Waals surface area contributed by atoms with Crippen molar-refractivity contribution in [2.75, 3.05) is 13.2 Å². The molecular weight excluding hydrogens is 444 g/mol. The summed E-state index contributed by atoms with van der Waals surface area (Å²) in [6.45, 7) is 0.634. The van der Waals surface area contributed by atoms with Crippen molar-refractivity contribution in [1.82, 2.24) is 10.6 Å². The zero-order valence-electron chi connectivity index (χ0n) is 19.7. The first-order valence-corrected chi connectivity index (χ1v) is 12.6. The van der Waals surface area contributed by atoms with Gasteiger partial charge in [0.2, 0.25) is 5.91 Å². The number of carbonyl (C=O) groups is 3. The number of alkyl carbamates (subject to hydrolysis) is 1. The molecule has 0 saturated heterocycles. The molecule has 2 amide bonds. The lowest BCUT2D eigenvalue weighted by molar-refractivity contribution is -0.139. The van der Waals surface area contributed by atoms with Gasteiger partial charge in [-0.15, -0.1) is 0 Å². The third kappa shape index (κ3) is 5.04. The SMILES string of the molecule is O=C(O)CC(NC(=O)OCC1c2ccccc2-c2ccccc21)C(=O)NCC1CC2CCC1CC2. The van der Waals surface area contributed by atoms with Gasteiger partial charge in [-0.05, 0) is 59.3 Å². The summed E-state index contributed by atoms with van der Waals surface area (Å²) in [6, 6.07) is 14.9. The Labute approximate surface area is 205 Å². The highest BCUT2D eigenvalue weighted by molar-refractivity contribution is 5.89. The molecule has 3 saturated carbocycles. The summed E-state index contributed by atoms with van der Waals surface area (Å²) in [5.74, 6) is 0.0835. The average Bonchev–Trinajstić information content (AvgIpc) is 3.20. The van der Waals surface area contributed by atoms with Gasteiger partial charge in [0, 0.05) is 12.5 Å². The predicted octanol–water partition coefficient (Wildman–Crippen LogP) is 4.31. The third-order valence-electron chi connectivity index (χ3n) is 8.06. The molecule has 3 N–H and O–H groups in total. The number of amides is 2. The number of hydrogen-bond acceptors (Lipinski definition) is 4. The molecule has 3 fully saturated rings. The van der Waals surface area contributed by atoms with Crippen molar-refractivity contribution in [2.24, 2.45) is 17.8 Å². The maximum Gasteiger partial charge on any atom is 0.407 e. The van der Waals surface area contributed by atoms with Crippen LogP contribution in [0.25, 0.3) is 11.1 Å². The molecule has 7 nitrogen and oxygen atoms in total. The summed E-state index contributed by atoms with van der Waals surface area (Å²) in [6.07, 6.45) is 4.81. The average molecular weight is 477 g/mol. The van der Waals surface area contributed by atoms with E-state index in [4.69, 9.17) is 4.74 Å². The monoisotopic (exact) mass is 476 g/mol. The first kappa shape index (κ1) is 23.4. The van der Waals surface area contributed by atoms with Crippen molar-refractivity contribution in [3.63, 3.8) is 0 Å². The fourth-order valence-electron chi connectivity index (χ4n) is 6.29. The number of carboxylic acids is 1. The number of aliphatic carboxylic acids is 1. The van der Waals surface area contributed by atoms with Crippen molar-refractivity contribution < 1.29 is 24.2 Å². The summed E-state index contributed by atoms with van der Waals surface area (Å²) in [7, 11) is 0. The van der Waals surface area contributed by atoms with Crippen LogP contribution in [0.3, 0.4) is 0 Å². The van der Waals surface area contributed by atoms with E-state index in [1.54, 1.807) is 0 Å². The van der Waals surface area contributed by atoms with Crippen LogP contribution in [0.2, 0.25) is 0 Å². The molecule has 0 aliphatic heterocycles. The number of carbonyl (C=O) groups excluding carboxylic acids is 2. The van der Waals surface area contributed by atoms with Gasteiger partial charge < -0.3 is 20.5 Å². The summed E-state index contributed by atoms with van der Waals surface area (Å²) in [5, 5.41) is 14.7. The van der Waals surface area contributed by atoms with E-state index in [-0.39, 0.29) is 12.5 Å². The van der Waals surface area contributed by atoms with Crippen LogP contribution in [0.1, 0.15) is 55.6 Å². The fraction of sp³-hybridized carbons (Fsp3) is 0.464. The molecule has 0 spiro atoms. The highest BCUT2D eigenvalue weighted by Crippen LogP contribution is 2.45. The number of carboxylic acid groups (broad SMARTS) is 1. The molecule has 2 aromatic rings. The molecule has 35 heavy (non-hydrogen) atoms. The van der Waals surface area contributed by atoms with E-state index in [0.717, 1.165) is 34.6 Å². The van der Waals surface area contributed by atoms with Gasteiger partial charge in [0.15, 0.2) is 0 Å². The number of nitrogens with one attached hydrogen (secondary N) is 2. The van der Waals surface area contributed by atoms with E-state index < -0.39 is 30.4 Å². The Kier molecular flexibility index (Phi) is 6.75. The van der Waals surface area contributed by atoms with Crippen molar-refractivity contribution in [3.05, 3.63) is 59.7 Å². The van der Waals surface area contributed by atoms with Crippen LogP contribution >= 0.6 is 0 Å². The Morgan fingerprint density at radius 3 is 2.14 bits per heavy atom. The molecule has 0 heterocycles. The van der Waals surface area contributed by atoms with Crippen LogP contribution in [0, 0.1) is 17.8 Å². The van der Waals surface area contributed by atoms with Gasteiger partial charge in [-0.1, -0.05) is 61.4 Å². The van der Waals surface area contributed by atoms with E-state index in [1.165, 1.54) is 25.7 Å². The molecule has 184 valence electrons. The maximum absolute atomic E-state index is 12.8. The summed E-state index contributed by atoms with van der Waals surface area (Å²) >= 11 is 0. The van der Waals surface area contributed by atoms with Gasteiger partial charge in [0.05, 0.1) is 6.42 Å². The smallest absolute Gasteiger partial charge is 0.407 e. The van der Waals surface area contributed by atoms with E-state index in [2.05, 4.69) is 22.8 Å². The highest BCUT2D eigenvalue weighted by Gasteiger charge is 2.36. The van der Waals surface area contributed by atoms with Crippen molar-refractivity contribution in [1.29, 1.82) is 0 Å². The summed E-state index contributed by atoms with van der Waals surface area (Å²) in [4.78, 5) is 36.8. The topological polar surface area (TPSA) is 105 Å². The largest absolute Gasteiger partial charge is 0.481 e. The highest BCUT2D eigenvalue weighted by atomic mass is 16.5. The lowest BCUT2D eigenvalue weighted by Gasteiger charge is -2.42. The number of fused-ring (bicyclic) bond motifs is 6. The van der Waals surface area contributed by atoms with E-state index in [9.17, 15) is 19.5 Å². The minimum Gasteiger partial charge on any atom is -0.481 e. The molecule has 4 aliphatic rings. The van der Waals surface area contributed by atoms with Gasteiger partial charge in [0.25, 0.3) is 0 Å². The number of rotatable bonds is 8. The Balaban J connectivity index is 1.18. The normalized spacial score (nSPS) is 23.1. The second-order valence-electron chi connectivity index (χ2n) is 10.1. The zero-order valence-corrected chi connectivity index (χ0v) is 19.7. The van der Waals surface area contributed by atoms with E-state index >= 15 is 0 Å². The van der Waals surface area contributed by atoms with Crippen LogP contribution in [0.4, 0.5) is 4.79 Å². The van der Waals surface area contributed by atoms with Crippen molar-refractivity contribution in [3.8, 4) is 11.1 Å². The molecule has 6 rings (SSSR count). The third-order valence-corrected chi connectivity index (χ3v) is 8.06. The van der Waals surface area contributed by atoms with Crippen LogP contribution < -0.4 is 10.6 Å². The van der Waals surface area contributed by atoms with Gasteiger partial charge in [-0.3, -0.25) is 9.59 Å². The number of ether oxygens (including phenoxy) is 1.